The minimum atomic E-state index is -0.668. The van der Waals surface area contributed by atoms with E-state index in [9.17, 15) is 14.4 Å². The number of benzene rings is 2. The van der Waals surface area contributed by atoms with E-state index in [1.807, 2.05) is 0 Å². The zero-order valence-electron chi connectivity index (χ0n) is 17.6. The van der Waals surface area contributed by atoms with Crippen molar-refractivity contribution < 1.29 is 28.6 Å². The number of amides is 3. The van der Waals surface area contributed by atoms with Gasteiger partial charge in [0.25, 0.3) is 5.91 Å². The number of anilines is 1. The Hall–Kier alpha value is -3.75. The predicted molar refractivity (Wildman–Crippen MR) is 113 cm³/mol. The lowest BCUT2D eigenvalue weighted by molar-refractivity contribution is -0.120. The third kappa shape index (κ3) is 6.36. The number of carbonyl (C=O) groups excluding carboxylic acids is 3. The molecule has 3 rings (SSSR count). The van der Waals surface area contributed by atoms with Crippen molar-refractivity contribution >= 4 is 23.6 Å². The summed E-state index contributed by atoms with van der Waals surface area (Å²) in [6.45, 7) is 5.29. The molecule has 3 N–H and O–H groups in total. The van der Waals surface area contributed by atoms with Crippen LogP contribution in [-0.2, 0) is 16.1 Å². The smallest absolute Gasteiger partial charge is 0.408 e. The molecule has 9 nitrogen and oxygen atoms in total. The average molecular weight is 427 g/mol. The minimum absolute atomic E-state index is 0.131. The topological polar surface area (TPSA) is 115 Å². The van der Waals surface area contributed by atoms with Gasteiger partial charge in [-0.2, -0.15) is 0 Å². The molecular weight excluding hydrogens is 402 g/mol. The second kappa shape index (κ2) is 9.38. The van der Waals surface area contributed by atoms with Crippen LogP contribution in [0.4, 0.5) is 10.5 Å². The molecule has 0 unspecified atom stereocenters. The maximum absolute atomic E-state index is 12.6. The molecule has 0 atom stereocenters. The molecule has 1 heterocycles. The quantitative estimate of drug-likeness (QED) is 0.653. The van der Waals surface area contributed by atoms with Crippen LogP contribution in [0.3, 0.4) is 0 Å². The number of hydrogen-bond acceptors (Lipinski definition) is 6. The molecule has 1 aliphatic heterocycles. The molecule has 9 heteroatoms. The number of ether oxygens (including phenoxy) is 3. The highest BCUT2D eigenvalue weighted by Gasteiger charge is 2.18. The first kappa shape index (κ1) is 21.9. The Morgan fingerprint density at radius 2 is 1.74 bits per heavy atom. The van der Waals surface area contributed by atoms with Gasteiger partial charge >= 0.3 is 6.09 Å². The zero-order chi connectivity index (χ0) is 22.4. The highest BCUT2D eigenvalue weighted by atomic mass is 16.7. The standard InChI is InChI=1S/C22H25N3O6/c1-22(2,3)31-21(28)24-12-19(26)23-11-15-6-4-5-7-16(15)25-20(27)14-8-9-17-18(10-14)30-13-29-17/h4-10H,11-13H2,1-3H3,(H,23,26)(H,24,28)(H,25,27). The monoisotopic (exact) mass is 427 g/mol. The van der Waals surface area contributed by atoms with Crippen LogP contribution >= 0.6 is 0 Å². The van der Waals surface area contributed by atoms with E-state index in [0.717, 1.165) is 0 Å². The Kier molecular flexibility index (Phi) is 6.64. The second-order valence-electron chi connectivity index (χ2n) is 7.81. The van der Waals surface area contributed by atoms with E-state index in [-0.39, 0.29) is 31.7 Å². The van der Waals surface area contributed by atoms with Crippen molar-refractivity contribution in [3.8, 4) is 11.5 Å². The third-order valence-corrected chi connectivity index (χ3v) is 4.17. The van der Waals surface area contributed by atoms with Crippen LogP contribution in [0.1, 0.15) is 36.7 Å². The van der Waals surface area contributed by atoms with Crippen LogP contribution < -0.4 is 25.4 Å². The largest absolute Gasteiger partial charge is 0.454 e. The van der Waals surface area contributed by atoms with Gasteiger partial charge in [-0.25, -0.2) is 4.79 Å². The van der Waals surface area contributed by atoms with E-state index in [4.69, 9.17) is 14.2 Å². The lowest BCUT2D eigenvalue weighted by atomic mass is 10.1. The van der Waals surface area contributed by atoms with Crippen LogP contribution in [0, 0.1) is 0 Å². The van der Waals surface area contributed by atoms with E-state index in [1.165, 1.54) is 0 Å². The molecule has 0 radical (unpaired) electrons. The van der Waals surface area contributed by atoms with Crippen LogP contribution in [0.15, 0.2) is 42.5 Å². The van der Waals surface area contributed by atoms with Gasteiger partial charge in [0.15, 0.2) is 11.5 Å². The molecule has 2 aromatic rings. The minimum Gasteiger partial charge on any atom is -0.454 e. The molecule has 164 valence electrons. The number of para-hydroxylation sites is 1. The molecule has 31 heavy (non-hydrogen) atoms. The summed E-state index contributed by atoms with van der Waals surface area (Å²) in [4.78, 5) is 36.3. The number of rotatable bonds is 6. The van der Waals surface area contributed by atoms with E-state index < -0.39 is 11.7 Å². The fourth-order valence-corrected chi connectivity index (χ4v) is 2.75. The Labute approximate surface area is 180 Å². The van der Waals surface area contributed by atoms with Gasteiger partial charge in [-0.3, -0.25) is 9.59 Å². The summed E-state index contributed by atoms with van der Waals surface area (Å²) in [7, 11) is 0. The summed E-state index contributed by atoms with van der Waals surface area (Å²) in [5, 5.41) is 7.95. The highest BCUT2D eigenvalue weighted by molar-refractivity contribution is 6.05. The van der Waals surface area contributed by atoms with Gasteiger partial charge in [0.1, 0.15) is 12.1 Å². The highest BCUT2D eigenvalue weighted by Crippen LogP contribution is 2.32. The molecule has 0 fully saturated rings. The van der Waals surface area contributed by atoms with Gasteiger partial charge in [-0.05, 0) is 50.6 Å². The van der Waals surface area contributed by atoms with E-state index in [2.05, 4.69) is 16.0 Å². The van der Waals surface area contributed by atoms with Crippen molar-refractivity contribution in [2.24, 2.45) is 0 Å². The molecular formula is C22H25N3O6. The summed E-state index contributed by atoms with van der Waals surface area (Å²) in [6.07, 6.45) is -0.668. The van der Waals surface area contributed by atoms with Crippen molar-refractivity contribution in [2.75, 3.05) is 18.7 Å². The zero-order valence-corrected chi connectivity index (χ0v) is 17.6. The molecule has 0 saturated heterocycles. The molecule has 0 saturated carbocycles. The summed E-state index contributed by atoms with van der Waals surface area (Å²) in [5.41, 5.74) is 1.05. The molecule has 0 spiro atoms. The van der Waals surface area contributed by atoms with Gasteiger partial charge in [-0.15, -0.1) is 0 Å². The Balaban J connectivity index is 1.55. The maximum atomic E-state index is 12.6. The van der Waals surface area contributed by atoms with Crippen molar-refractivity contribution in [3.63, 3.8) is 0 Å². The number of fused-ring (bicyclic) bond motifs is 1. The van der Waals surface area contributed by atoms with Gasteiger partial charge in [0, 0.05) is 17.8 Å². The molecule has 2 aromatic carbocycles. The summed E-state index contributed by atoms with van der Waals surface area (Å²) in [6, 6.07) is 12.1. The number of hydrogen-bond donors (Lipinski definition) is 3. The third-order valence-electron chi connectivity index (χ3n) is 4.17. The maximum Gasteiger partial charge on any atom is 0.408 e. The van der Waals surface area contributed by atoms with Crippen LogP contribution in [0.2, 0.25) is 0 Å². The molecule has 3 amide bonds. The normalized spacial score (nSPS) is 12.1. The molecule has 1 aliphatic rings. The van der Waals surface area contributed by atoms with Crippen LogP contribution in [0.25, 0.3) is 0 Å². The van der Waals surface area contributed by atoms with Gasteiger partial charge in [0.05, 0.1) is 0 Å². The number of nitrogens with one attached hydrogen (secondary N) is 3. The number of carbonyl (C=O) groups is 3. The Morgan fingerprint density at radius 3 is 2.52 bits per heavy atom. The van der Waals surface area contributed by atoms with E-state index in [0.29, 0.717) is 28.3 Å². The van der Waals surface area contributed by atoms with Crippen molar-refractivity contribution in [1.29, 1.82) is 0 Å². The summed E-state index contributed by atoms with van der Waals surface area (Å²) < 4.78 is 15.7. The van der Waals surface area contributed by atoms with Crippen molar-refractivity contribution in [3.05, 3.63) is 53.6 Å². The molecule has 0 bridgehead atoms. The predicted octanol–water partition coefficient (Wildman–Crippen LogP) is 2.81. The van der Waals surface area contributed by atoms with E-state index in [1.54, 1.807) is 63.2 Å². The van der Waals surface area contributed by atoms with Crippen molar-refractivity contribution in [1.82, 2.24) is 10.6 Å². The van der Waals surface area contributed by atoms with Gasteiger partial charge in [0.2, 0.25) is 12.7 Å². The van der Waals surface area contributed by atoms with E-state index >= 15 is 0 Å². The Morgan fingerprint density at radius 1 is 1.00 bits per heavy atom. The van der Waals surface area contributed by atoms with Gasteiger partial charge in [-0.1, -0.05) is 18.2 Å². The fourth-order valence-electron chi connectivity index (χ4n) is 2.75. The molecule has 0 aliphatic carbocycles. The lowest BCUT2D eigenvalue weighted by Gasteiger charge is -2.19. The van der Waals surface area contributed by atoms with Crippen molar-refractivity contribution in [2.45, 2.75) is 32.9 Å². The van der Waals surface area contributed by atoms with Gasteiger partial charge < -0.3 is 30.2 Å². The lowest BCUT2D eigenvalue weighted by Crippen LogP contribution is -2.39. The van der Waals surface area contributed by atoms with Crippen LogP contribution in [-0.4, -0.2) is 36.8 Å². The summed E-state index contributed by atoms with van der Waals surface area (Å²) >= 11 is 0. The average Bonchev–Trinajstić information content (AvgIpc) is 3.18. The molecule has 0 aromatic heterocycles. The first-order chi connectivity index (χ1) is 14.7. The summed E-state index contributed by atoms with van der Waals surface area (Å²) in [5.74, 6) is 0.414. The Bertz CT molecular complexity index is 983. The van der Waals surface area contributed by atoms with Crippen LogP contribution in [0.5, 0.6) is 11.5 Å². The first-order valence-electron chi connectivity index (χ1n) is 9.74. The SMILES string of the molecule is CC(C)(C)OC(=O)NCC(=O)NCc1ccccc1NC(=O)c1ccc2c(c1)OCO2. The second-order valence-corrected chi connectivity index (χ2v) is 7.81. The number of alkyl carbamates (subject to hydrolysis) is 1. The first-order valence-corrected chi connectivity index (χ1v) is 9.74. The fraction of sp³-hybridized carbons (Fsp3) is 0.318.